The average molecular weight is 371 g/mol. The number of alkyl halides is 3. The van der Waals surface area contributed by atoms with E-state index in [4.69, 9.17) is 4.74 Å². The van der Waals surface area contributed by atoms with Crippen molar-refractivity contribution in [2.75, 3.05) is 45.9 Å². The van der Waals surface area contributed by atoms with E-state index in [0.29, 0.717) is 32.8 Å². The molecule has 1 N–H and O–H groups in total. The molecule has 2 aliphatic rings. The molecule has 26 heavy (non-hydrogen) atoms. The zero-order valence-corrected chi connectivity index (χ0v) is 14.1. The van der Waals surface area contributed by atoms with Crippen molar-refractivity contribution in [1.29, 1.82) is 0 Å². The van der Waals surface area contributed by atoms with Crippen LogP contribution in [0.25, 0.3) is 0 Å². The molecule has 2 saturated heterocycles. The Bertz CT molecular complexity index is 667. The molecular weight excluding hydrogens is 351 g/mol. The standard InChI is InChI=1S/C17H20F3N3O3/c18-17(19,20)13-3-1-2-12(10-13)15(24)22-5-7-23(8-6-22)16(25)14-11-21-4-9-26-14/h1-3,10,14,21H,4-9,11H2. The number of morpholine rings is 1. The Kier molecular flexibility index (Phi) is 5.47. The molecule has 9 heteroatoms. The zero-order valence-electron chi connectivity index (χ0n) is 14.1. The third-order valence-electron chi connectivity index (χ3n) is 4.52. The summed E-state index contributed by atoms with van der Waals surface area (Å²) >= 11 is 0. The molecule has 2 aliphatic heterocycles. The summed E-state index contributed by atoms with van der Waals surface area (Å²) in [6, 6.07) is 4.40. The largest absolute Gasteiger partial charge is 0.416 e. The maximum atomic E-state index is 12.8. The molecule has 6 nitrogen and oxygen atoms in total. The number of halogens is 3. The molecule has 0 spiro atoms. The quantitative estimate of drug-likeness (QED) is 0.842. The van der Waals surface area contributed by atoms with E-state index in [-0.39, 0.29) is 24.6 Å². The highest BCUT2D eigenvalue weighted by atomic mass is 19.4. The van der Waals surface area contributed by atoms with E-state index < -0.39 is 23.8 Å². The summed E-state index contributed by atoms with van der Waals surface area (Å²) < 4.78 is 43.9. The number of hydrogen-bond donors (Lipinski definition) is 1. The van der Waals surface area contributed by atoms with Gasteiger partial charge in [-0.25, -0.2) is 0 Å². The molecule has 1 atom stereocenters. The fraction of sp³-hybridized carbons (Fsp3) is 0.529. The Labute approximate surface area is 148 Å². The first-order valence-electron chi connectivity index (χ1n) is 8.44. The van der Waals surface area contributed by atoms with Crippen molar-refractivity contribution in [2.24, 2.45) is 0 Å². The van der Waals surface area contributed by atoms with Crippen molar-refractivity contribution < 1.29 is 27.5 Å². The van der Waals surface area contributed by atoms with Crippen LogP contribution in [0.3, 0.4) is 0 Å². The Morgan fingerprint density at radius 2 is 1.81 bits per heavy atom. The first kappa shape index (κ1) is 18.7. The molecule has 1 unspecified atom stereocenters. The maximum Gasteiger partial charge on any atom is 0.416 e. The summed E-state index contributed by atoms with van der Waals surface area (Å²) in [4.78, 5) is 28.0. The van der Waals surface area contributed by atoms with Crippen LogP contribution in [0.1, 0.15) is 15.9 Å². The predicted molar refractivity (Wildman–Crippen MR) is 86.5 cm³/mol. The predicted octanol–water partition coefficient (Wildman–Crippen LogP) is 0.978. The second-order valence-corrected chi connectivity index (χ2v) is 6.26. The zero-order chi connectivity index (χ0) is 18.7. The van der Waals surface area contributed by atoms with Gasteiger partial charge in [0.15, 0.2) is 0 Å². The molecule has 2 heterocycles. The van der Waals surface area contributed by atoms with Gasteiger partial charge in [0.2, 0.25) is 0 Å². The molecule has 0 aliphatic carbocycles. The van der Waals surface area contributed by atoms with Gasteiger partial charge in [-0.15, -0.1) is 0 Å². The summed E-state index contributed by atoms with van der Waals surface area (Å²) in [5, 5.41) is 3.09. The highest BCUT2D eigenvalue weighted by molar-refractivity contribution is 5.94. The normalized spacial score (nSPS) is 21.6. The van der Waals surface area contributed by atoms with Gasteiger partial charge in [0.1, 0.15) is 6.10 Å². The second-order valence-electron chi connectivity index (χ2n) is 6.26. The lowest BCUT2D eigenvalue weighted by molar-refractivity contribution is -0.146. The molecular formula is C17H20F3N3O3. The second kappa shape index (κ2) is 7.63. The number of hydrogen-bond acceptors (Lipinski definition) is 4. The van der Waals surface area contributed by atoms with Gasteiger partial charge < -0.3 is 19.9 Å². The van der Waals surface area contributed by atoms with Gasteiger partial charge in [-0.1, -0.05) is 6.07 Å². The lowest BCUT2D eigenvalue weighted by Gasteiger charge is -2.37. The molecule has 0 radical (unpaired) electrons. The van der Waals surface area contributed by atoms with Crippen molar-refractivity contribution in [3.05, 3.63) is 35.4 Å². The fourth-order valence-electron chi connectivity index (χ4n) is 3.07. The Morgan fingerprint density at radius 1 is 1.12 bits per heavy atom. The minimum Gasteiger partial charge on any atom is -0.366 e. The van der Waals surface area contributed by atoms with Crippen molar-refractivity contribution >= 4 is 11.8 Å². The molecule has 0 bridgehead atoms. The van der Waals surface area contributed by atoms with Gasteiger partial charge in [-0.3, -0.25) is 9.59 Å². The van der Waals surface area contributed by atoms with E-state index in [1.54, 1.807) is 4.90 Å². The molecule has 0 saturated carbocycles. The molecule has 0 aromatic heterocycles. The van der Waals surface area contributed by atoms with Crippen molar-refractivity contribution in [3.63, 3.8) is 0 Å². The third-order valence-corrected chi connectivity index (χ3v) is 4.52. The van der Waals surface area contributed by atoms with Crippen LogP contribution in [0.15, 0.2) is 24.3 Å². The van der Waals surface area contributed by atoms with Crippen LogP contribution in [0, 0.1) is 0 Å². The minimum absolute atomic E-state index is 0.000541. The SMILES string of the molecule is O=C(c1cccc(C(F)(F)F)c1)N1CCN(C(=O)C2CNCCO2)CC1. The topological polar surface area (TPSA) is 61.9 Å². The summed E-state index contributed by atoms with van der Waals surface area (Å²) in [6.45, 7) is 2.88. The highest BCUT2D eigenvalue weighted by Crippen LogP contribution is 2.29. The Balaban J connectivity index is 1.59. The molecule has 3 rings (SSSR count). The van der Waals surface area contributed by atoms with Crippen LogP contribution in [-0.4, -0.2) is 73.6 Å². The maximum absolute atomic E-state index is 12.8. The van der Waals surface area contributed by atoms with Gasteiger partial charge in [0.05, 0.1) is 12.2 Å². The van der Waals surface area contributed by atoms with Gasteiger partial charge in [-0.2, -0.15) is 13.2 Å². The van der Waals surface area contributed by atoms with E-state index in [1.165, 1.54) is 17.0 Å². The first-order valence-corrected chi connectivity index (χ1v) is 8.44. The molecule has 1 aromatic carbocycles. The summed E-state index contributed by atoms with van der Waals surface area (Å²) in [5.41, 5.74) is -0.849. The van der Waals surface area contributed by atoms with E-state index >= 15 is 0 Å². The van der Waals surface area contributed by atoms with Crippen molar-refractivity contribution in [1.82, 2.24) is 15.1 Å². The molecule has 2 fully saturated rings. The van der Waals surface area contributed by atoms with Gasteiger partial charge >= 0.3 is 6.18 Å². The van der Waals surface area contributed by atoms with E-state index in [0.717, 1.165) is 12.1 Å². The van der Waals surface area contributed by atoms with Crippen molar-refractivity contribution in [2.45, 2.75) is 12.3 Å². The minimum atomic E-state index is -4.49. The highest BCUT2D eigenvalue weighted by Gasteiger charge is 2.33. The average Bonchev–Trinajstić information content (AvgIpc) is 2.67. The summed E-state index contributed by atoms with van der Waals surface area (Å²) in [5.74, 6) is -0.581. The van der Waals surface area contributed by atoms with Crippen molar-refractivity contribution in [3.8, 4) is 0 Å². The number of carbonyl (C=O) groups excluding carboxylic acids is 2. The van der Waals surface area contributed by atoms with E-state index in [9.17, 15) is 22.8 Å². The number of ether oxygens (including phenoxy) is 1. The number of nitrogens with zero attached hydrogens (tertiary/aromatic N) is 2. The molecule has 1 aromatic rings. The molecule has 142 valence electrons. The number of nitrogens with one attached hydrogen (secondary N) is 1. The number of carbonyl (C=O) groups is 2. The lowest BCUT2D eigenvalue weighted by atomic mass is 10.1. The Hall–Kier alpha value is -2.13. The number of amides is 2. The fourth-order valence-corrected chi connectivity index (χ4v) is 3.07. The number of benzene rings is 1. The van der Waals surface area contributed by atoms with E-state index in [2.05, 4.69) is 5.32 Å². The van der Waals surface area contributed by atoms with Gasteiger partial charge in [-0.05, 0) is 18.2 Å². The summed E-state index contributed by atoms with van der Waals surface area (Å²) in [7, 11) is 0. The number of rotatable bonds is 2. The first-order chi connectivity index (χ1) is 12.4. The van der Waals surface area contributed by atoms with Gasteiger partial charge in [0, 0.05) is 44.8 Å². The van der Waals surface area contributed by atoms with E-state index in [1.807, 2.05) is 0 Å². The van der Waals surface area contributed by atoms with Gasteiger partial charge in [0.25, 0.3) is 11.8 Å². The van der Waals surface area contributed by atoms with Crippen LogP contribution in [-0.2, 0) is 15.7 Å². The smallest absolute Gasteiger partial charge is 0.366 e. The van der Waals surface area contributed by atoms with Crippen LogP contribution in [0.2, 0.25) is 0 Å². The molecule has 2 amide bonds. The van der Waals surface area contributed by atoms with Crippen LogP contribution < -0.4 is 5.32 Å². The van der Waals surface area contributed by atoms with Crippen LogP contribution >= 0.6 is 0 Å². The third kappa shape index (κ3) is 4.16. The summed E-state index contributed by atoms with van der Waals surface area (Å²) in [6.07, 6.45) is -5.01. The number of piperazine rings is 1. The van der Waals surface area contributed by atoms with Crippen LogP contribution in [0.4, 0.5) is 13.2 Å². The van der Waals surface area contributed by atoms with Crippen LogP contribution in [0.5, 0.6) is 0 Å². The Morgan fingerprint density at radius 3 is 2.42 bits per heavy atom. The monoisotopic (exact) mass is 371 g/mol. The lowest BCUT2D eigenvalue weighted by Crippen LogP contribution is -2.56.